The van der Waals surface area contributed by atoms with Crippen LogP contribution in [0.2, 0.25) is 0 Å². The van der Waals surface area contributed by atoms with E-state index >= 15 is 0 Å². The Morgan fingerprint density at radius 2 is 1.70 bits per heavy atom. The van der Waals surface area contributed by atoms with Crippen molar-refractivity contribution in [1.29, 1.82) is 0 Å². The van der Waals surface area contributed by atoms with Crippen LogP contribution in [0.4, 0.5) is 17.6 Å². The molecule has 3 aromatic carbocycles. The SMILES string of the molecule is COC(=O)c1cc2c(cc1-c1cc(OC)c(OS(=O)(=O)C(F)(F)F)cc1C=O)COc1ccc(F)cc1-2. The third kappa shape index (κ3) is 4.69. The van der Waals surface area contributed by atoms with Gasteiger partial charge in [-0.1, -0.05) is 0 Å². The highest BCUT2D eigenvalue weighted by Crippen LogP contribution is 2.44. The minimum atomic E-state index is -6.07. The predicted octanol–water partition coefficient (Wildman–Crippen LogP) is 4.89. The van der Waals surface area contributed by atoms with Crippen molar-refractivity contribution in [2.24, 2.45) is 0 Å². The Kier molecular flexibility index (Phi) is 6.59. The summed E-state index contributed by atoms with van der Waals surface area (Å²) in [6, 6.07) is 8.55. The van der Waals surface area contributed by atoms with E-state index < -0.39 is 38.9 Å². The van der Waals surface area contributed by atoms with Gasteiger partial charge in [0.05, 0.1) is 19.8 Å². The number of fused-ring (bicyclic) bond motifs is 3. The second-order valence-electron chi connectivity index (χ2n) is 7.67. The lowest BCUT2D eigenvalue weighted by Crippen LogP contribution is -2.28. The summed E-state index contributed by atoms with van der Waals surface area (Å²) in [6.45, 7) is 0.0149. The Labute approximate surface area is 207 Å². The Morgan fingerprint density at radius 1 is 0.973 bits per heavy atom. The maximum atomic E-state index is 13.9. The topological polar surface area (TPSA) is 105 Å². The number of benzene rings is 3. The second-order valence-corrected chi connectivity index (χ2v) is 9.20. The molecular formula is C24H16F4O8S. The summed E-state index contributed by atoms with van der Waals surface area (Å²) in [5.41, 5.74) is -4.70. The number of ether oxygens (including phenoxy) is 3. The molecule has 13 heteroatoms. The van der Waals surface area contributed by atoms with Gasteiger partial charge < -0.3 is 18.4 Å². The number of methoxy groups -OCH3 is 2. The van der Waals surface area contributed by atoms with Crippen molar-refractivity contribution < 1.29 is 54.0 Å². The minimum Gasteiger partial charge on any atom is -0.493 e. The van der Waals surface area contributed by atoms with Gasteiger partial charge >= 0.3 is 21.6 Å². The minimum absolute atomic E-state index is 0.00292. The first-order valence-electron chi connectivity index (χ1n) is 10.3. The average Bonchev–Trinajstić information content (AvgIpc) is 2.86. The van der Waals surface area contributed by atoms with E-state index in [1.165, 1.54) is 30.3 Å². The molecule has 4 rings (SSSR count). The quantitative estimate of drug-likeness (QED) is 0.143. The van der Waals surface area contributed by atoms with Crippen molar-refractivity contribution in [3.63, 3.8) is 0 Å². The normalized spacial score (nSPS) is 12.6. The Hall–Kier alpha value is -4.13. The zero-order valence-electron chi connectivity index (χ0n) is 19.0. The maximum Gasteiger partial charge on any atom is 0.534 e. The molecule has 0 atom stereocenters. The first kappa shape index (κ1) is 25.9. The molecule has 3 aromatic rings. The highest BCUT2D eigenvalue weighted by Gasteiger charge is 2.49. The number of carbonyl (C=O) groups excluding carboxylic acids is 2. The number of carbonyl (C=O) groups is 2. The number of esters is 1. The van der Waals surface area contributed by atoms with Gasteiger partial charge in [0.15, 0.2) is 17.8 Å². The molecule has 0 fully saturated rings. The van der Waals surface area contributed by atoms with E-state index in [1.807, 2.05) is 0 Å². The number of hydrogen-bond donors (Lipinski definition) is 0. The highest BCUT2D eigenvalue weighted by atomic mass is 32.2. The number of alkyl halides is 3. The maximum absolute atomic E-state index is 13.9. The second kappa shape index (κ2) is 9.39. The molecule has 0 bridgehead atoms. The summed E-state index contributed by atoms with van der Waals surface area (Å²) in [4.78, 5) is 24.6. The molecule has 0 saturated carbocycles. The molecule has 0 saturated heterocycles. The Bertz CT molecular complexity index is 1530. The van der Waals surface area contributed by atoms with Gasteiger partial charge in [0.25, 0.3) is 0 Å². The van der Waals surface area contributed by atoms with E-state index in [-0.39, 0.29) is 35.1 Å². The average molecular weight is 540 g/mol. The summed E-state index contributed by atoms with van der Waals surface area (Å²) in [5.74, 6) is -2.36. The van der Waals surface area contributed by atoms with Gasteiger partial charge in [-0.3, -0.25) is 4.79 Å². The molecular weight excluding hydrogens is 524 g/mol. The lowest BCUT2D eigenvalue weighted by molar-refractivity contribution is -0.0500. The van der Waals surface area contributed by atoms with Crippen LogP contribution < -0.4 is 13.7 Å². The van der Waals surface area contributed by atoms with Crippen molar-refractivity contribution in [3.8, 4) is 39.5 Å². The molecule has 0 N–H and O–H groups in total. The monoisotopic (exact) mass is 540 g/mol. The zero-order chi connectivity index (χ0) is 27.1. The van der Waals surface area contributed by atoms with Crippen molar-refractivity contribution in [3.05, 3.63) is 65.0 Å². The summed E-state index contributed by atoms with van der Waals surface area (Å²) >= 11 is 0. The van der Waals surface area contributed by atoms with Crippen LogP contribution in [0.15, 0.2) is 42.5 Å². The fourth-order valence-electron chi connectivity index (χ4n) is 3.81. The van der Waals surface area contributed by atoms with Crippen LogP contribution in [0, 0.1) is 5.82 Å². The van der Waals surface area contributed by atoms with Gasteiger partial charge in [-0.2, -0.15) is 21.6 Å². The fraction of sp³-hybridized carbons (Fsp3) is 0.167. The van der Waals surface area contributed by atoms with Crippen LogP contribution in [0.3, 0.4) is 0 Å². The largest absolute Gasteiger partial charge is 0.534 e. The van der Waals surface area contributed by atoms with Crippen LogP contribution >= 0.6 is 0 Å². The molecule has 0 unspecified atom stereocenters. The van der Waals surface area contributed by atoms with Crippen LogP contribution in [0.5, 0.6) is 17.2 Å². The molecule has 0 radical (unpaired) electrons. The van der Waals surface area contributed by atoms with E-state index in [0.29, 0.717) is 22.4 Å². The molecule has 0 spiro atoms. The van der Waals surface area contributed by atoms with Crippen LogP contribution in [-0.2, 0) is 21.5 Å². The summed E-state index contributed by atoms with van der Waals surface area (Å²) in [6.07, 6.45) is 0.240. The standard InChI is InChI=1S/C24H16F4O8S/c1-33-21-9-16(12(10-29)6-22(21)36-37(31,32)24(26,27)28)17-5-13-11-35-20-4-3-14(25)7-18(20)15(13)8-19(17)23(30)34-2/h3-10H,11H2,1-2H3. The number of hydrogen-bond acceptors (Lipinski definition) is 8. The lowest BCUT2D eigenvalue weighted by Gasteiger charge is -2.23. The van der Waals surface area contributed by atoms with Crippen LogP contribution in [-0.4, -0.2) is 40.4 Å². The van der Waals surface area contributed by atoms with Gasteiger partial charge in [-0.15, -0.1) is 0 Å². The Balaban J connectivity index is 1.95. The fourth-order valence-corrected chi connectivity index (χ4v) is 4.27. The highest BCUT2D eigenvalue weighted by molar-refractivity contribution is 7.88. The van der Waals surface area contributed by atoms with E-state index in [9.17, 15) is 35.6 Å². The van der Waals surface area contributed by atoms with Crippen molar-refractivity contribution in [2.45, 2.75) is 12.1 Å². The smallest absolute Gasteiger partial charge is 0.493 e. The van der Waals surface area contributed by atoms with E-state index in [4.69, 9.17) is 14.2 Å². The zero-order valence-corrected chi connectivity index (χ0v) is 19.8. The third-order valence-corrected chi connectivity index (χ3v) is 6.47. The molecule has 0 amide bonds. The van der Waals surface area contributed by atoms with E-state index in [1.54, 1.807) is 0 Å². The molecule has 0 aliphatic carbocycles. The summed E-state index contributed by atoms with van der Waals surface area (Å²) in [7, 11) is -3.92. The molecule has 194 valence electrons. The number of halogens is 4. The first-order chi connectivity index (χ1) is 17.4. The van der Waals surface area contributed by atoms with E-state index in [0.717, 1.165) is 26.4 Å². The lowest BCUT2D eigenvalue weighted by atomic mass is 9.88. The van der Waals surface area contributed by atoms with Crippen molar-refractivity contribution >= 4 is 22.4 Å². The van der Waals surface area contributed by atoms with Gasteiger partial charge in [-0.05, 0) is 64.7 Å². The van der Waals surface area contributed by atoms with E-state index in [2.05, 4.69) is 4.18 Å². The summed E-state index contributed by atoms with van der Waals surface area (Å²) in [5, 5.41) is 0. The van der Waals surface area contributed by atoms with Gasteiger partial charge in [0.1, 0.15) is 18.2 Å². The molecule has 0 aromatic heterocycles. The number of aldehydes is 1. The van der Waals surface area contributed by atoms with Crippen molar-refractivity contribution in [2.75, 3.05) is 14.2 Å². The van der Waals surface area contributed by atoms with Crippen LogP contribution in [0.25, 0.3) is 22.3 Å². The van der Waals surface area contributed by atoms with Gasteiger partial charge in [-0.25, -0.2) is 9.18 Å². The van der Waals surface area contributed by atoms with Gasteiger partial charge in [0, 0.05) is 11.1 Å². The van der Waals surface area contributed by atoms with Crippen LogP contribution in [0.1, 0.15) is 26.3 Å². The molecule has 8 nitrogen and oxygen atoms in total. The Morgan fingerprint density at radius 3 is 2.32 bits per heavy atom. The predicted molar refractivity (Wildman–Crippen MR) is 120 cm³/mol. The first-order valence-corrected chi connectivity index (χ1v) is 11.7. The molecule has 1 heterocycles. The van der Waals surface area contributed by atoms with Gasteiger partial charge in [0.2, 0.25) is 0 Å². The van der Waals surface area contributed by atoms with Crippen molar-refractivity contribution in [1.82, 2.24) is 0 Å². The number of rotatable bonds is 6. The summed E-state index contributed by atoms with van der Waals surface area (Å²) < 4.78 is 95.2. The molecule has 1 aliphatic heterocycles. The molecule has 1 aliphatic rings. The third-order valence-electron chi connectivity index (χ3n) is 5.50. The molecule has 37 heavy (non-hydrogen) atoms.